The molecule has 0 aromatic carbocycles. The van der Waals surface area contributed by atoms with Gasteiger partial charge in [0.1, 0.15) is 0 Å². The van der Waals surface area contributed by atoms with Crippen molar-refractivity contribution in [1.82, 2.24) is 5.32 Å². The van der Waals surface area contributed by atoms with Gasteiger partial charge in [-0.15, -0.1) is 0 Å². The monoisotopic (exact) mass is 229 g/mol. The minimum absolute atomic E-state index is 0.120. The highest BCUT2D eigenvalue weighted by atomic mass is 16.5. The first-order valence-electron chi connectivity index (χ1n) is 6.52. The van der Waals surface area contributed by atoms with Gasteiger partial charge in [0.25, 0.3) is 0 Å². The molecule has 2 N–H and O–H groups in total. The first kappa shape index (κ1) is 13.9. The Labute approximate surface area is 99.6 Å². The fourth-order valence-corrected chi connectivity index (χ4v) is 2.16. The minimum Gasteiger partial charge on any atom is -0.394 e. The SMILES string of the molecule is CC(C)NC(C)(CO)COCCC1CCC1. The molecule has 1 unspecified atom stereocenters. The van der Waals surface area contributed by atoms with Crippen LogP contribution in [0.1, 0.15) is 46.5 Å². The van der Waals surface area contributed by atoms with Gasteiger partial charge in [-0.05, 0) is 19.3 Å². The summed E-state index contributed by atoms with van der Waals surface area (Å²) in [6.45, 7) is 7.73. The summed E-state index contributed by atoms with van der Waals surface area (Å²) in [7, 11) is 0. The molecule has 0 aromatic rings. The van der Waals surface area contributed by atoms with Crippen molar-refractivity contribution >= 4 is 0 Å². The van der Waals surface area contributed by atoms with E-state index in [0.717, 1.165) is 12.5 Å². The van der Waals surface area contributed by atoms with E-state index in [2.05, 4.69) is 19.2 Å². The number of aliphatic hydroxyl groups is 1. The lowest BCUT2D eigenvalue weighted by atomic mass is 9.83. The third-order valence-corrected chi connectivity index (χ3v) is 3.30. The number of hydrogen-bond acceptors (Lipinski definition) is 3. The van der Waals surface area contributed by atoms with Gasteiger partial charge in [-0.3, -0.25) is 0 Å². The van der Waals surface area contributed by atoms with Crippen LogP contribution in [0.4, 0.5) is 0 Å². The average molecular weight is 229 g/mol. The Bertz CT molecular complexity index is 192. The highest BCUT2D eigenvalue weighted by molar-refractivity contribution is 4.83. The zero-order chi connectivity index (χ0) is 12.0. The minimum atomic E-state index is -0.298. The molecule has 3 nitrogen and oxygen atoms in total. The van der Waals surface area contributed by atoms with E-state index in [4.69, 9.17) is 4.74 Å². The van der Waals surface area contributed by atoms with E-state index >= 15 is 0 Å². The van der Waals surface area contributed by atoms with Crippen LogP contribution in [0.25, 0.3) is 0 Å². The third kappa shape index (κ3) is 4.81. The molecular formula is C13H27NO2. The maximum absolute atomic E-state index is 9.36. The molecule has 0 aromatic heterocycles. The van der Waals surface area contributed by atoms with Crippen molar-refractivity contribution in [3.05, 3.63) is 0 Å². The zero-order valence-corrected chi connectivity index (χ0v) is 11.0. The molecular weight excluding hydrogens is 202 g/mol. The van der Waals surface area contributed by atoms with Crippen molar-refractivity contribution in [2.45, 2.75) is 58.0 Å². The van der Waals surface area contributed by atoms with Crippen molar-refractivity contribution in [1.29, 1.82) is 0 Å². The lowest BCUT2D eigenvalue weighted by Crippen LogP contribution is -2.52. The van der Waals surface area contributed by atoms with Gasteiger partial charge in [0.15, 0.2) is 0 Å². The lowest BCUT2D eigenvalue weighted by Gasteiger charge is -2.31. The van der Waals surface area contributed by atoms with Gasteiger partial charge in [0.05, 0.1) is 18.8 Å². The van der Waals surface area contributed by atoms with Crippen molar-refractivity contribution in [3.8, 4) is 0 Å². The van der Waals surface area contributed by atoms with Crippen LogP contribution in [0.3, 0.4) is 0 Å². The number of hydrogen-bond donors (Lipinski definition) is 2. The number of ether oxygens (including phenoxy) is 1. The molecule has 16 heavy (non-hydrogen) atoms. The molecule has 0 radical (unpaired) electrons. The summed E-state index contributed by atoms with van der Waals surface area (Å²) in [6.07, 6.45) is 5.34. The van der Waals surface area contributed by atoms with Gasteiger partial charge in [-0.2, -0.15) is 0 Å². The Morgan fingerprint density at radius 2 is 2.12 bits per heavy atom. The predicted molar refractivity (Wildman–Crippen MR) is 66.5 cm³/mol. The standard InChI is InChI=1S/C13H27NO2/c1-11(2)14-13(3,9-15)10-16-8-7-12-5-4-6-12/h11-12,14-15H,4-10H2,1-3H3. The Hall–Kier alpha value is -0.120. The Morgan fingerprint density at radius 3 is 2.56 bits per heavy atom. The second-order valence-electron chi connectivity index (χ2n) is 5.66. The van der Waals surface area contributed by atoms with Gasteiger partial charge < -0.3 is 15.2 Å². The molecule has 3 heteroatoms. The van der Waals surface area contributed by atoms with Crippen molar-refractivity contribution < 1.29 is 9.84 Å². The summed E-state index contributed by atoms with van der Waals surface area (Å²) in [4.78, 5) is 0. The van der Waals surface area contributed by atoms with Gasteiger partial charge >= 0.3 is 0 Å². The van der Waals surface area contributed by atoms with Crippen molar-refractivity contribution in [2.24, 2.45) is 5.92 Å². The molecule has 1 aliphatic carbocycles. The fraction of sp³-hybridized carbons (Fsp3) is 1.00. The second-order valence-corrected chi connectivity index (χ2v) is 5.66. The predicted octanol–water partition coefficient (Wildman–Crippen LogP) is 1.94. The number of rotatable bonds is 8. The van der Waals surface area contributed by atoms with Crippen LogP contribution < -0.4 is 5.32 Å². The molecule has 0 heterocycles. The van der Waals surface area contributed by atoms with Crippen LogP contribution in [0.15, 0.2) is 0 Å². The summed E-state index contributed by atoms with van der Waals surface area (Å²) in [5.41, 5.74) is -0.298. The summed E-state index contributed by atoms with van der Waals surface area (Å²) in [5, 5.41) is 12.7. The molecule has 0 spiro atoms. The van der Waals surface area contributed by atoms with E-state index in [1.54, 1.807) is 0 Å². The summed E-state index contributed by atoms with van der Waals surface area (Å²) in [6, 6.07) is 0.368. The largest absolute Gasteiger partial charge is 0.394 e. The van der Waals surface area contributed by atoms with Crippen molar-refractivity contribution in [2.75, 3.05) is 19.8 Å². The van der Waals surface area contributed by atoms with Gasteiger partial charge in [-0.1, -0.05) is 33.1 Å². The highest BCUT2D eigenvalue weighted by Crippen LogP contribution is 2.29. The molecule has 1 saturated carbocycles. The quantitative estimate of drug-likeness (QED) is 0.625. The van der Waals surface area contributed by atoms with E-state index in [1.807, 2.05) is 6.92 Å². The normalized spacial score (nSPS) is 20.8. The average Bonchev–Trinajstić information content (AvgIpc) is 2.13. The van der Waals surface area contributed by atoms with E-state index in [9.17, 15) is 5.11 Å². The molecule has 1 atom stereocenters. The van der Waals surface area contributed by atoms with Crippen molar-refractivity contribution in [3.63, 3.8) is 0 Å². The Morgan fingerprint density at radius 1 is 1.44 bits per heavy atom. The van der Waals surface area contributed by atoms with Gasteiger partial charge in [-0.25, -0.2) is 0 Å². The molecule has 0 saturated heterocycles. The molecule has 1 aliphatic rings. The Balaban J connectivity index is 2.11. The van der Waals surface area contributed by atoms with E-state index < -0.39 is 0 Å². The van der Waals surface area contributed by atoms with Crippen LogP contribution in [0.5, 0.6) is 0 Å². The van der Waals surface area contributed by atoms with Gasteiger partial charge in [0.2, 0.25) is 0 Å². The first-order valence-corrected chi connectivity index (χ1v) is 6.52. The fourth-order valence-electron chi connectivity index (χ4n) is 2.16. The number of aliphatic hydroxyl groups excluding tert-OH is 1. The van der Waals surface area contributed by atoms with Crippen LogP contribution in [-0.2, 0) is 4.74 Å². The molecule has 0 bridgehead atoms. The maximum Gasteiger partial charge on any atom is 0.0668 e. The van der Waals surface area contributed by atoms with E-state index in [1.165, 1.54) is 25.7 Å². The summed E-state index contributed by atoms with van der Waals surface area (Å²) in [5.74, 6) is 0.901. The smallest absolute Gasteiger partial charge is 0.0668 e. The van der Waals surface area contributed by atoms with Crippen LogP contribution in [-0.4, -0.2) is 36.5 Å². The summed E-state index contributed by atoms with van der Waals surface area (Å²) < 4.78 is 5.67. The molecule has 1 rings (SSSR count). The molecule has 0 amide bonds. The molecule has 1 fully saturated rings. The maximum atomic E-state index is 9.36. The highest BCUT2D eigenvalue weighted by Gasteiger charge is 2.24. The topological polar surface area (TPSA) is 41.5 Å². The lowest BCUT2D eigenvalue weighted by molar-refractivity contribution is 0.0307. The molecule has 96 valence electrons. The van der Waals surface area contributed by atoms with E-state index in [0.29, 0.717) is 12.6 Å². The second kappa shape index (κ2) is 6.58. The van der Waals surface area contributed by atoms with Gasteiger partial charge in [0, 0.05) is 12.6 Å². The Kier molecular flexibility index (Phi) is 5.73. The van der Waals surface area contributed by atoms with Crippen LogP contribution in [0.2, 0.25) is 0 Å². The first-order chi connectivity index (χ1) is 7.56. The molecule has 0 aliphatic heterocycles. The van der Waals surface area contributed by atoms with Crippen LogP contribution in [0, 0.1) is 5.92 Å². The summed E-state index contributed by atoms with van der Waals surface area (Å²) >= 11 is 0. The van der Waals surface area contributed by atoms with E-state index in [-0.39, 0.29) is 12.1 Å². The third-order valence-electron chi connectivity index (χ3n) is 3.30. The van der Waals surface area contributed by atoms with Crippen LogP contribution >= 0.6 is 0 Å². The number of nitrogens with one attached hydrogen (secondary N) is 1. The zero-order valence-electron chi connectivity index (χ0n) is 11.0.